The van der Waals surface area contributed by atoms with Crippen LogP contribution in [-0.4, -0.2) is 17.3 Å². The van der Waals surface area contributed by atoms with Crippen LogP contribution in [-0.2, 0) is 0 Å². The first-order chi connectivity index (χ1) is 8.18. The molecule has 3 atom stereocenters. The summed E-state index contributed by atoms with van der Waals surface area (Å²) in [7, 11) is 0. The largest absolute Gasteiger partial charge is 0.392 e. The predicted molar refractivity (Wildman–Crippen MR) is 74.0 cm³/mol. The maximum atomic E-state index is 9.96. The first kappa shape index (κ1) is 13.1. The normalized spacial score (nSPS) is 26.8. The Morgan fingerprint density at radius 2 is 2.00 bits per heavy atom. The third-order valence-corrected chi connectivity index (χ3v) is 4.29. The molecule has 0 saturated heterocycles. The summed E-state index contributed by atoms with van der Waals surface area (Å²) in [6.07, 6.45) is 4.20. The van der Waals surface area contributed by atoms with Gasteiger partial charge in [-0.05, 0) is 31.4 Å². The Morgan fingerprint density at radius 1 is 1.29 bits per heavy atom. The highest BCUT2D eigenvalue weighted by Gasteiger charge is 2.24. The second kappa shape index (κ2) is 5.98. The van der Waals surface area contributed by atoms with E-state index in [1.165, 1.54) is 12.0 Å². The molecular formula is C14H20BrNO. The Labute approximate surface area is 112 Å². The predicted octanol–water partition coefficient (Wildman–Crippen LogP) is 3.40. The number of halogens is 1. The zero-order valence-corrected chi connectivity index (χ0v) is 11.8. The van der Waals surface area contributed by atoms with Crippen LogP contribution >= 0.6 is 15.9 Å². The van der Waals surface area contributed by atoms with Gasteiger partial charge in [-0.3, -0.25) is 0 Å². The number of aliphatic hydroxyl groups excluding tert-OH is 1. The van der Waals surface area contributed by atoms with Crippen LogP contribution in [0.2, 0.25) is 0 Å². The van der Waals surface area contributed by atoms with Gasteiger partial charge >= 0.3 is 0 Å². The number of aliphatic hydroxyl groups is 1. The molecule has 1 aliphatic carbocycles. The fourth-order valence-corrected chi connectivity index (χ4v) is 3.17. The molecule has 2 nitrogen and oxygen atoms in total. The second-order valence-electron chi connectivity index (χ2n) is 4.87. The second-order valence-corrected chi connectivity index (χ2v) is 5.72. The molecular weight excluding hydrogens is 278 g/mol. The van der Waals surface area contributed by atoms with Crippen molar-refractivity contribution in [3.05, 3.63) is 34.3 Å². The Kier molecular flexibility index (Phi) is 4.60. The van der Waals surface area contributed by atoms with Crippen molar-refractivity contribution in [2.45, 2.75) is 50.8 Å². The minimum Gasteiger partial charge on any atom is -0.392 e. The highest BCUT2D eigenvalue weighted by molar-refractivity contribution is 9.10. The molecule has 2 N–H and O–H groups in total. The number of hydrogen-bond acceptors (Lipinski definition) is 2. The standard InChI is InChI=1S/C14H20BrNO/c1-10(11-6-2-3-7-12(11)15)16-13-8-4-5-9-14(13)17/h2-3,6-7,10,13-14,16-17H,4-5,8-9H2,1H3/t10-,13+,14+/m0/s1. The van der Waals surface area contributed by atoms with E-state index in [9.17, 15) is 5.11 Å². The molecule has 1 aliphatic rings. The summed E-state index contributed by atoms with van der Waals surface area (Å²) in [6.45, 7) is 2.15. The van der Waals surface area contributed by atoms with E-state index in [2.05, 4.69) is 46.4 Å². The van der Waals surface area contributed by atoms with Crippen molar-refractivity contribution in [1.82, 2.24) is 5.32 Å². The lowest BCUT2D eigenvalue weighted by atomic mass is 9.91. The number of hydrogen-bond donors (Lipinski definition) is 2. The summed E-state index contributed by atoms with van der Waals surface area (Å²) in [4.78, 5) is 0. The third kappa shape index (κ3) is 3.30. The van der Waals surface area contributed by atoms with Gasteiger partial charge in [0.2, 0.25) is 0 Å². The third-order valence-electron chi connectivity index (χ3n) is 3.57. The van der Waals surface area contributed by atoms with E-state index >= 15 is 0 Å². The van der Waals surface area contributed by atoms with Crippen molar-refractivity contribution in [1.29, 1.82) is 0 Å². The summed E-state index contributed by atoms with van der Waals surface area (Å²) >= 11 is 3.57. The van der Waals surface area contributed by atoms with Gasteiger partial charge in [-0.2, -0.15) is 0 Å². The molecule has 0 unspecified atom stereocenters. The summed E-state index contributed by atoms with van der Waals surface area (Å²) in [5.41, 5.74) is 1.25. The van der Waals surface area contributed by atoms with Crippen LogP contribution in [0.1, 0.15) is 44.2 Å². The Bertz CT molecular complexity index is 369. The average Bonchev–Trinajstić information content (AvgIpc) is 2.32. The summed E-state index contributed by atoms with van der Waals surface area (Å²) in [6, 6.07) is 8.77. The lowest BCUT2D eigenvalue weighted by Crippen LogP contribution is -2.43. The molecule has 2 rings (SSSR count). The van der Waals surface area contributed by atoms with Crippen molar-refractivity contribution in [3.63, 3.8) is 0 Å². The van der Waals surface area contributed by atoms with E-state index in [-0.39, 0.29) is 18.2 Å². The average molecular weight is 298 g/mol. The molecule has 1 aromatic rings. The molecule has 1 saturated carbocycles. The van der Waals surface area contributed by atoms with Crippen molar-refractivity contribution in [3.8, 4) is 0 Å². The van der Waals surface area contributed by atoms with Crippen molar-refractivity contribution < 1.29 is 5.11 Å². The molecule has 1 fully saturated rings. The SMILES string of the molecule is C[C@H](N[C@@H]1CCCC[C@H]1O)c1ccccc1Br. The van der Waals surface area contributed by atoms with E-state index in [0.29, 0.717) is 0 Å². The van der Waals surface area contributed by atoms with Gasteiger partial charge in [0.1, 0.15) is 0 Å². The first-order valence-electron chi connectivity index (χ1n) is 6.37. The molecule has 0 aromatic heterocycles. The fourth-order valence-electron chi connectivity index (χ4n) is 2.54. The molecule has 0 amide bonds. The van der Waals surface area contributed by atoms with Crippen LogP contribution in [0.25, 0.3) is 0 Å². The van der Waals surface area contributed by atoms with E-state index in [0.717, 1.165) is 23.7 Å². The zero-order chi connectivity index (χ0) is 12.3. The molecule has 17 heavy (non-hydrogen) atoms. The topological polar surface area (TPSA) is 32.3 Å². The number of nitrogens with one attached hydrogen (secondary N) is 1. The van der Waals surface area contributed by atoms with Crippen LogP contribution < -0.4 is 5.32 Å². The van der Waals surface area contributed by atoms with Gasteiger partial charge in [-0.25, -0.2) is 0 Å². The molecule has 0 bridgehead atoms. The van der Waals surface area contributed by atoms with E-state index < -0.39 is 0 Å². The lowest BCUT2D eigenvalue weighted by molar-refractivity contribution is 0.0859. The minimum atomic E-state index is -0.186. The Morgan fingerprint density at radius 3 is 2.71 bits per heavy atom. The molecule has 0 aliphatic heterocycles. The van der Waals surface area contributed by atoms with Crippen LogP contribution in [0.4, 0.5) is 0 Å². The van der Waals surface area contributed by atoms with Gasteiger partial charge < -0.3 is 10.4 Å². The molecule has 1 aromatic carbocycles. The summed E-state index contributed by atoms with van der Waals surface area (Å²) in [5.74, 6) is 0. The monoisotopic (exact) mass is 297 g/mol. The van der Waals surface area contributed by atoms with Gasteiger partial charge in [0.15, 0.2) is 0 Å². The fraction of sp³-hybridized carbons (Fsp3) is 0.571. The molecule has 0 spiro atoms. The Balaban J connectivity index is 2.01. The van der Waals surface area contributed by atoms with E-state index in [4.69, 9.17) is 0 Å². The molecule has 0 radical (unpaired) electrons. The van der Waals surface area contributed by atoms with Gasteiger partial charge in [0.25, 0.3) is 0 Å². The van der Waals surface area contributed by atoms with Crippen molar-refractivity contribution in [2.24, 2.45) is 0 Å². The maximum absolute atomic E-state index is 9.96. The molecule has 0 heterocycles. The van der Waals surface area contributed by atoms with Gasteiger partial charge in [-0.1, -0.05) is 47.0 Å². The molecule has 3 heteroatoms. The highest BCUT2D eigenvalue weighted by Crippen LogP contribution is 2.26. The summed E-state index contributed by atoms with van der Waals surface area (Å²) < 4.78 is 1.13. The minimum absolute atomic E-state index is 0.186. The highest BCUT2D eigenvalue weighted by atomic mass is 79.9. The van der Waals surface area contributed by atoms with Gasteiger partial charge in [0, 0.05) is 16.6 Å². The van der Waals surface area contributed by atoms with Gasteiger partial charge in [-0.15, -0.1) is 0 Å². The van der Waals surface area contributed by atoms with Crippen LogP contribution in [0, 0.1) is 0 Å². The molecule has 94 valence electrons. The van der Waals surface area contributed by atoms with Crippen LogP contribution in [0.5, 0.6) is 0 Å². The number of benzene rings is 1. The maximum Gasteiger partial charge on any atom is 0.0693 e. The zero-order valence-electron chi connectivity index (χ0n) is 10.2. The summed E-state index contributed by atoms with van der Waals surface area (Å²) in [5, 5.41) is 13.5. The van der Waals surface area contributed by atoms with E-state index in [1.807, 2.05) is 6.07 Å². The first-order valence-corrected chi connectivity index (χ1v) is 7.16. The van der Waals surface area contributed by atoms with Crippen LogP contribution in [0.15, 0.2) is 28.7 Å². The van der Waals surface area contributed by atoms with Crippen molar-refractivity contribution in [2.75, 3.05) is 0 Å². The van der Waals surface area contributed by atoms with Crippen LogP contribution in [0.3, 0.4) is 0 Å². The smallest absolute Gasteiger partial charge is 0.0693 e. The quantitative estimate of drug-likeness (QED) is 0.896. The Hall–Kier alpha value is -0.380. The van der Waals surface area contributed by atoms with Crippen molar-refractivity contribution >= 4 is 15.9 Å². The number of rotatable bonds is 3. The van der Waals surface area contributed by atoms with Gasteiger partial charge in [0.05, 0.1) is 6.10 Å². The lowest BCUT2D eigenvalue weighted by Gasteiger charge is -2.31. The van der Waals surface area contributed by atoms with E-state index in [1.54, 1.807) is 0 Å².